The summed E-state index contributed by atoms with van der Waals surface area (Å²) in [6.45, 7) is 0. The smallest absolute Gasteiger partial charge is 0.333 e. The van der Waals surface area contributed by atoms with Crippen molar-refractivity contribution >= 4 is 52.6 Å². The number of furan rings is 1. The van der Waals surface area contributed by atoms with Crippen molar-refractivity contribution in [3.63, 3.8) is 0 Å². The van der Waals surface area contributed by atoms with Gasteiger partial charge in [0, 0.05) is 22.2 Å². The topological polar surface area (TPSA) is 106 Å². The lowest BCUT2D eigenvalue weighted by Crippen LogP contribution is -2.30. The Balaban J connectivity index is 1.64. The van der Waals surface area contributed by atoms with Gasteiger partial charge in [0.1, 0.15) is 17.2 Å². The van der Waals surface area contributed by atoms with Gasteiger partial charge in [-0.05, 0) is 48.5 Å². The first kappa shape index (κ1) is 19.7. The third kappa shape index (κ3) is 3.66. The molecule has 8 nitrogen and oxygen atoms in total. The Morgan fingerprint density at radius 1 is 1.00 bits per heavy atom. The van der Waals surface area contributed by atoms with Crippen LogP contribution in [0.2, 0.25) is 10.0 Å². The van der Waals surface area contributed by atoms with Crippen LogP contribution in [-0.2, 0) is 4.79 Å². The van der Waals surface area contributed by atoms with E-state index in [4.69, 9.17) is 27.6 Å². The Morgan fingerprint density at radius 2 is 1.70 bits per heavy atom. The van der Waals surface area contributed by atoms with Crippen LogP contribution < -0.4 is 10.2 Å². The second-order valence-corrected chi connectivity index (χ2v) is 7.10. The van der Waals surface area contributed by atoms with Gasteiger partial charge in [0.05, 0.1) is 16.2 Å². The molecule has 10 heteroatoms. The predicted molar refractivity (Wildman–Crippen MR) is 111 cm³/mol. The number of nitrogens with one attached hydrogen (secondary N) is 1. The van der Waals surface area contributed by atoms with Gasteiger partial charge in [0.2, 0.25) is 0 Å². The molecule has 1 fully saturated rings. The lowest BCUT2D eigenvalue weighted by Gasteiger charge is -2.11. The first-order chi connectivity index (χ1) is 14.3. The van der Waals surface area contributed by atoms with E-state index in [9.17, 15) is 19.7 Å². The highest BCUT2D eigenvalue weighted by Gasteiger charge is 2.35. The molecule has 30 heavy (non-hydrogen) atoms. The fourth-order valence-corrected chi connectivity index (χ4v) is 3.23. The molecule has 0 radical (unpaired) electrons. The minimum atomic E-state index is -0.617. The Hall–Kier alpha value is -3.62. The number of nitro groups is 1. The molecule has 1 aliphatic rings. The first-order valence-corrected chi connectivity index (χ1v) is 9.26. The monoisotopic (exact) mass is 443 g/mol. The normalized spacial score (nSPS) is 15.0. The number of nitrogens with zero attached hydrogens (tertiary/aromatic N) is 2. The Bertz CT molecular complexity index is 1220. The fraction of sp³-hybridized carbons (Fsp3) is 0. The zero-order valence-corrected chi connectivity index (χ0v) is 16.5. The Kier molecular flexibility index (Phi) is 5.03. The van der Waals surface area contributed by atoms with Crippen molar-refractivity contribution < 1.29 is 18.9 Å². The number of halogens is 2. The molecule has 0 unspecified atom stereocenters. The van der Waals surface area contributed by atoms with Crippen molar-refractivity contribution in [3.8, 4) is 11.3 Å². The van der Waals surface area contributed by atoms with Crippen LogP contribution >= 0.6 is 23.2 Å². The van der Waals surface area contributed by atoms with Gasteiger partial charge in [-0.2, -0.15) is 0 Å². The lowest BCUT2D eigenvalue weighted by atomic mass is 10.1. The van der Waals surface area contributed by atoms with Crippen molar-refractivity contribution in [2.45, 2.75) is 0 Å². The van der Waals surface area contributed by atoms with E-state index in [0.29, 0.717) is 10.7 Å². The van der Waals surface area contributed by atoms with Crippen LogP contribution in [0, 0.1) is 10.1 Å². The van der Waals surface area contributed by atoms with Crippen LogP contribution in [0.3, 0.4) is 0 Å². The largest absolute Gasteiger partial charge is 0.456 e. The highest BCUT2D eigenvalue weighted by atomic mass is 35.5. The molecule has 4 rings (SSSR count). The van der Waals surface area contributed by atoms with Crippen molar-refractivity contribution in [2.24, 2.45) is 0 Å². The number of urea groups is 1. The third-order valence-corrected chi connectivity index (χ3v) is 4.79. The average molecular weight is 444 g/mol. The molecule has 1 aliphatic heterocycles. The van der Waals surface area contributed by atoms with Crippen molar-refractivity contribution in [2.75, 3.05) is 4.90 Å². The number of amides is 3. The van der Waals surface area contributed by atoms with Gasteiger partial charge in [0.25, 0.3) is 11.6 Å². The second kappa shape index (κ2) is 7.66. The van der Waals surface area contributed by atoms with Crippen LogP contribution in [0.5, 0.6) is 0 Å². The molecule has 3 amide bonds. The number of nitro benzene ring substituents is 1. The van der Waals surface area contributed by atoms with E-state index in [0.717, 1.165) is 4.90 Å². The molecule has 1 aromatic heterocycles. The van der Waals surface area contributed by atoms with Crippen molar-refractivity contribution in [1.82, 2.24) is 5.32 Å². The van der Waals surface area contributed by atoms with Crippen molar-refractivity contribution in [1.29, 1.82) is 0 Å². The number of hydrogen-bond donors (Lipinski definition) is 1. The summed E-state index contributed by atoms with van der Waals surface area (Å²) in [7, 11) is 0. The van der Waals surface area contributed by atoms with E-state index in [1.54, 1.807) is 24.3 Å². The molecular weight excluding hydrogens is 433 g/mol. The summed E-state index contributed by atoms with van der Waals surface area (Å²) >= 11 is 11.7. The number of imide groups is 1. The standard InChI is InChI=1S/C20H11Cl2N3O5/c21-11-1-4-13(5-2-11)24-19(26)16(23-20(24)27)10-14-6-8-18(30-14)15-7-3-12(22)9-17(15)25(28)29/h1-10H,(H,23,27)/b16-10+. The number of anilines is 1. The molecule has 0 bridgehead atoms. The maximum atomic E-state index is 12.7. The molecule has 0 atom stereocenters. The van der Waals surface area contributed by atoms with Gasteiger partial charge in [0.15, 0.2) is 0 Å². The van der Waals surface area contributed by atoms with Crippen LogP contribution in [-0.4, -0.2) is 16.9 Å². The summed E-state index contributed by atoms with van der Waals surface area (Å²) in [4.78, 5) is 36.6. The summed E-state index contributed by atoms with van der Waals surface area (Å²) in [6, 6.07) is 12.9. The van der Waals surface area contributed by atoms with E-state index in [1.165, 1.54) is 36.4 Å². The second-order valence-electron chi connectivity index (χ2n) is 6.23. The number of carbonyl (C=O) groups is 2. The van der Waals surface area contributed by atoms with Crippen molar-refractivity contribution in [3.05, 3.63) is 86.2 Å². The molecule has 1 saturated heterocycles. The Morgan fingerprint density at radius 3 is 2.40 bits per heavy atom. The highest BCUT2D eigenvalue weighted by Crippen LogP contribution is 2.34. The molecule has 0 aliphatic carbocycles. The summed E-state index contributed by atoms with van der Waals surface area (Å²) < 4.78 is 5.64. The summed E-state index contributed by atoms with van der Waals surface area (Å²) in [6.07, 6.45) is 1.35. The quantitative estimate of drug-likeness (QED) is 0.256. The number of benzene rings is 2. The average Bonchev–Trinajstić information content (AvgIpc) is 3.27. The van der Waals surface area contributed by atoms with Gasteiger partial charge < -0.3 is 9.73 Å². The van der Waals surface area contributed by atoms with E-state index >= 15 is 0 Å². The zero-order valence-electron chi connectivity index (χ0n) is 15.0. The molecular formula is C20H11Cl2N3O5. The van der Waals surface area contributed by atoms with E-state index in [2.05, 4.69) is 5.32 Å². The van der Waals surface area contributed by atoms with Crippen LogP contribution in [0.15, 0.2) is 64.7 Å². The van der Waals surface area contributed by atoms with Gasteiger partial charge >= 0.3 is 6.03 Å². The van der Waals surface area contributed by atoms with E-state index in [1.807, 2.05) is 0 Å². The van der Waals surface area contributed by atoms with Crippen LogP contribution in [0.4, 0.5) is 16.2 Å². The molecule has 2 heterocycles. The maximum Gasteiger partial charge on any atom is 0.333 e. The van der Waals surface area contributed by atoms with Crippen LogP contribution in [0.1, 0.15) is 5.76 Å². The molecule has 1 N–H and O–H groups in total. The SMILES string of the molecule is O=C1N/C(=C/c2ccc(-c3ccc(Cl)cc3[N+](=O)[O-])o2)C(=O)N1c1ccc(Cl)cc1. The van der Waals surface area contributed by atoms with Gasteiger partial charge in [-0.25, -0.2) is 9.69 Å². The van der Waals surface area contributed by atoms with Gasteiger partial charge in [-0.3, -0.25) is 14.9 Å². The summed E-state index contributed by atoms with van der Waals surface area (Å²) in [5.74, 6) is -0.120. The zero-order chi connectivity index (χ0) is 21.4. The summed E-state index contributed by atoms with van der Waals surface area (Å²) in [5.41, 5.74) is 0.387. The third-order valence-electron chi connectivity index (χ3n) is 4.30. The minimum Gasteiger partial charge on any atom is -0.456 e. The number of hydrogen-bond acceptors (Lipinski definition) is 5. The Labute approximate surface area is 179 Å². The molecule has 0 spiro atoms. The van der Waals surface area contributed by atoms with Gasteiger partial charge in [-0.15, -0.1) is 0 Å². The van der Waals surface area contributed by atoms with E-state index < -0.39 is 16.9 Å². The van der Waals surface area contributed by atoms with Gasteiger partial charge in [-0.1, -0.05) is 23.2 Å². The first-order valence-electron chi connectivity index (χ1n) is 8.50. The lowest BCUT2D eigenvalue weighted by molar-refractivity contribution is -0.384. The van der Waals surface area contributed by atoms with Crippen LogP contribution in [0.25, 0.3) is 17.4 Å². The molecule has 2 aromatic carbocycles. The molecule has 150 valence electrons. The summed E-state index contributed by atoms with van der Waals surface area (Å²) in [5, 5.41) is 14.5. The maximum absolute atomic E-state index is 12.7. The highest BCUT2D eigenvalue weighted by molar-refractivity contribution is 6.31. The fourth-order valence-electron chi connectivity index (χ4n) is 2.94. The number of carbonyl (C=O) groups excluding carboxylic acids is 2. The number of rotatable bonds is 4. The van der Waals surface area contributed by atoms with E-state index in [-0.39, 0.29) is 33.5 Å². The predicted octanol–water partition coefficient (Wildman–Crippen LogP) is 5.26. The molecule has 0 saturated carbocycles. The molecule has 3 aromatic rings. The minimum absolute atomic E-state index is 0.00135.